The Morgan fingerprint density at radius 2 is 1.54 bits per heavy atom. The molecule has 4 rings (SSSR count). The van der Waals surface area contributed by atoms with Gasteiger partial charge in [-0.1, -0.05) is 66.7 Å². The van der Waals surface area contributed by atoms with E-state index in [4.69, 9.17) is 10.2 Å². The molecule has 0 aromatic heterocycles. The number of hydrogen-bond acceptors (Lipinski definition) is 3. The topological polar surface area (TPSA) is 52.9 Å². The van der Waals surface area contributed by atoms with Crippen LogP contribution < -0.4 is 5.01 Å². The van der Waals surface area contributed by atoms with Gasteiger partial charge in [0.05, 0.1) is 23.0 Å². The Morgan fingerprint density at radius 1 is 0.893 bits per heavy atom. The van der Waals surface area contributed by atoms with Gasteiger partial charge >= 0.3 is 5.97 Å². The Balaban J connectivity index is 1.65. The third kappa shape index (κ3) is 3.86. The van der Waals surface area contributed by atoms with E-state index >= 15 is 0 Å². The van der Waals surface area contributed by atoms with Gasteiger partial charge in [-0.15, -0.1) is 0 Å². The Labute approximate surface area is 164 Å². The summed E-state index contributed by atoms with van der Waals surface area (Å²) in [4.78, 5) is 11.1. The van der Waals surface area contributed by atoms with Gasteiger partial charge in [-0.25, -0.2) is 4.79 Å². The van der Waals surface area contributed by atoms with E-state index in [1.165, 1.54) is 5.56 Å². The lowest BCUT2D eigenvalue weighted by Gasteiger charge is -2.24. The fourth-order valence-electron chi connectivity index (χ4n) is 3.32. The number of nitrogens with zero attached hydrogens (tertiary/aromatic N) is 2. The van der Waals surface area contributed by atoms with Crippen molar-refractivity contribution in [2.45, 2.75) is 12.5 Å². The molecule has 0 amide bonds. The third-order valence-electron chi connectivity index (χ3n) is 4.76. The Hall–Kier alpha value is -3.66. The molecule has 4 heteroatoms. The van der Waals surface area contributed by atoms with Gasteiger partial charge < -0.3 is 5.11 Å². The molecule has 1 atom stereocenters. The van der Waals surface area contributed by atoms with Crippen LogP contribution in [0.5, 0.6) is 0 Å². The second kappa shape index (κ2) is 7.92. The van der Waals surface area contributed by atoms with Gasteiger partial charge in [-0.05, 0) is 41.5 Å². The fraction of sp³-hybridized carbons (Fsp3) is 0.0833. The van der Waals surface area contributed by atoms with E-state index in [0.29, 0.717) is 0 Å². The second-order valence-corrected chi connectivity index (χ2v) is 6.66. The van der Waals surface area contributed by atoms with Gasteiger partial charge in [0.2, 0.25) is 0 Å². The van der Waals surface area contributed by atoms with E-state index in [2.05, 4.69) is 36.4 Å². The molecule has 138 valence electrons. The van der Waals surface area contributed by atoms with Crippen LogP contribution in [0.25, 0.3) is 6.08 Å². The minimum atomic E-state index is -0.928. The van der Waals surface area contributed by atoms with Crippen molar-refractivity contribution in [3.8, 4) is 0 Å². The van der Waals surface area contributed by atoms with E-state index in [1.807, 2.05) is 53.5 Å². The van der Waals surface area contributed by atoms with Gasteiger partial charge in [-0.2, -0.15) is 5.10 Å². The largest absolute Gasteiger partial charge is 0.478 e. The number of hydrazone groups is 1. The molecule has 3 aromatic carbocycles. The van der Waals surface area contributed by atoms with Crippen LogP contribution in [0.3, 0.4) is 0 Å². The summed E-state index contributed by atoms with van der Waals surface area (Å²) in [6.45, 7) is 0. The Kier molecular flexibility index (Phi) is 5.02. The van der Waals surface area contributed by atoms with E-state index in [-0.39, 0.29) is 11.6 Å². The maximum atomic E-state index is 11.1. The number of carbonyl (C=O) groups is 1. The van der Waals surface area contributed by atoms with E-state index in [1.54, 1.807) is 12.1 Å². The number of allylic oxidation sites excluding steroid dienone is 1. The molecular weight excluding hydrogens is 348 g/mol. The smallest absolute Gasteiger partial charge is 0.335 e. The van der Waals surface area contributed by atoms with Crippen LogP contribution in [0.15, 0.2) is 96.1 Å². The summed E-state index contributed by atoms with van der Waals surface area (Å²) in [6.07, 6.45) is 4.91. The number of anilines is 1. The molecule has 0 bridgehead atoms. The van der Waals surface area contributed by atoms with Crippen molar-refractivity contribution in [2.24, 2.45) is 5.10 Å². The summed E-state index contributed by atoms with van der Waals surface area (Å²) in [6, 6.07) is 27.3. The van der Waals surface area contributed by atoms with Crippen molar-refractivity contribution in [1.82, 2.24) is 0 Å². The van der Waals surface area contributed by atoms with Gasteiger partial charge in [0.1, 0.15) is 0 Å². The van der Waals surface area contributed by atoms with Gasteiger partial charge in [0.25, 0.3) is 0 Å². The van der Waals surface area contributed by atoms with Crippen LogP contribution in [0.4, 0.5) is 5.69 Å². The zero-order valence-electron chi connectivity index (χ0n) is 15.3. The highest BCUT2D eigenvalue weighted by atomic mass is 16.4. The highest BCUT2D eigenvalue weighted by Crippen LogP contribution is 2.35. The van der Waals surface area contributed by atoms with Crippen LogP contribution in [0.1, 0.15) is 33.9 Å². The first-order valence-corrected chi connectivity index (χ1v) is 9.19. The molecule has 1 aliphatic rings. The lowest BCUT2D eigenvalue weighted by molar-refractivity contribution is 0.0697. The lowest BCUT2D eigenvalue weighted by Crippen LogP contribution is -2.18. The first kappa shape index (κ1) is 17.7. The quantitative estimate of drug-likeness (QED) is 0.655. The van der Waals surface area contributed by atoms with Crippen LogP contribution in [-0.4, -0.2) is 16.8 Å². The number of benzene rings is 3. The SMILES string of the molecule is O=C(O)c1ccc(N2N=C(/C=C\c3ccccc3)C[C@H]2c2ccccc2)cc1. The summed E-state index contributed by atoms with van der Waals surface area (Å²) in [5.74, 6) is -0.928. The zero-order chi connectivity index (χ0) is 19.3. The van der Waals surface area contributed by atoms with Gasteiger partial charge in [0.15, 0.2) is 0 Å². The van der Waals surface area contributed by atoms with Crippen molar-refractivity contribution < 1.29 is 9.90 Å². The molecule has 0 saturated carbocycles. The summed E-state index contributed by atoms with van der Waals surface area (Å²) in [7, 11) is 0. The van der Waals surface area contributed by atoms with Crippen LogP contribution in [0, 0.1) is 0 Å². The molecule has 0 radical (unpaired) electrons. The Morgan fingerprint density at radius 3 is 2.18 bits per heavy atom. The third-order valence-corrected chi connectivity index (χ3v) is 4.76. The zero-order valence-corrected chi connectivity index (χ0v) is 15.3. The van der Waals surface area contributed by atoms with Crippen molar-refractivity contribution >= 4 is 23.4 Å². The molecular formula is C24H20N2O2. The molecule has 1 heterocycles. The van der Waals surface area contributed by atoms with Crippen LogP contribution >= 0.6 is 0 Å². The van der Waals surface area contributed by atoms with Crippen molar-refractivity contribution in [2.75, 3.05) is 5.01 Å². The molecule has 28 heavy (non-hydrogen) atoms. The predicted octanol–water partition coefficient (Wildman–Crippen LogP) is 5.41. The van der Waals surface area contributed by atoms with Gasteiger partial charge in [-0.3, -0.25) is 5.01 Å². The number of rotatable bonds is 5. The average molecular weight is 368 g/mol. The number of aromatic carboxylic acids is 1. The first-order chi connectivity index (χ1) is 13.7. The van der Waals surface area contributed by atoms with Crippen LogP contribution in [0.2, 0.25) is 0 Å². The van der Waals surface area contributed by atoms with Crippen LogP contribution in [-0.2, 0) is 0 Å². The van der Waals surface area contributed by atoms with Crippen molar-refractivity contribution in [3.63, 3.8) is 0 Å². The van der Waals surface area contributed by atoms with Gasteiger partial charge in [0, 0.05) is 6.42 Å². The molecule has 3 aromatic rings. The highest BCUT2D eigenvalue weighted by Gasteiger charge is 2.28. The minimum Gasteiger partial charge on any atom is -0.478 e. The molecule has 4 nitrogen and oxygen atoms in total. The predicted molar refractivity (Wildman–Crippen MR) is 113 cm³/mol. The standard InChI is InChI=1S/C24H20N2O2/c27-24(28)20-12-15-22(16-13-20)26-23(19-9-5-2-6-10-19)17-21(25-26)14-11-18-7-3-1-4-8-18/h1-16,23H,17H2,(H,27,28)/b14-11-/t23-/m0/s1. The minimum absolute atomic E-state index is 0.0762. The average Bonchev–Trinajstić information content (AvgIpc) is 3.18. The van der Waals surface area contributed by atoms with E-state index in [9.17, 15) is 4.79 Å². The highest BCUT2D eigenvalue weighted by molar-refractivity contribution is 6.01. The monoisotopic (exact) mass is 368 g/mol. The molecule has 0 aliphatic carbocycles. The summed E-state index contributed by atoms with van der Waals surface area (Å²) in [5, 5.41) is 15.9. The summed E-state index contributed by atoms with van der Waals surface area (Å²) < 4.78 is 0. The first-order valence-electron chi connectivity index (χ1n) is 9.19. The lowest BCUT2D eigenvalue weighted by atomic mass is 10.0. The number of carboxylic acids is 1. The second-order valence-electron chi connectivity index (χ2n) is 6.66. The molecule has 0 unspecified atom stereocenters. The summed E-state index contributed by atoms with van der Waals surface area (Å²) >= 11 is 0. The molecule has 1 N–H and O–H groups in total. The molecule has 0 saturated heterocycles. The number of hydrogen-bond donors (Lipinski definition) is 1. The van der Waals surface area contributed by atoms with Crippen molar-refractivity contribution in [3.05, 3.63) is 108 Å². The molecule has 0 fully saturated rings. The number of carboxylic acid groups (broad SMARTS) is 1. The Bertz CT molecular complexity index is 1010. The fourth-order valence-corrected chi connectivity index (χ4v) is 3.32. The molecule has 0 spiro atoms. The van der Waals surface area contributed by atoms with E-state index in [0.717, 1.165) is 23.4 Å². The normalized spacial score (nSPS) is 16.4. The van der Waals surface area contributed by atoms with E-state index < -0.39 is 5.97 Å². The maximum Gasteiger partial charge on any atom is 0.335 e. The maximum absolute atomic E-state index is 11.1. The van der Waals surface area contributed by atoms with Crippen molar-refractivity contribution in [1.29, 1.82) is 0 Å². The summed E-state index contributed by atoms with van der Waals surface area (Å²) in [5.41, 5.74) is 4.44. The molecule has 1 aliphatic heterocycles.